The number of likely N-dealkylation sites (tertiary alicyclic amines) is 1. The van der Waals surface area contributed by atoms with Crippen LogP contribution in [-0.2, 0) is 4.79 Å². The van der Waals surface area contributed by atoms with Gasteiger partial charge in [0.15, 0.2) is 0 Å². The summed E-state index contributed by atoms with van der Waals surface area (Å²) in [5.74, 6) is 0.975. The lowest BCUT2D eigenvalue weighted by Crippen LogP contribution is -2.48. The van der Waals surface area contributed by atoms with E-state index in [9.17, 15) is 4.79 Å². The first-order valence-corrected chi connectivity index (χ1v) is 8.89. The van der Waals surface area contributed by atoms with Gasteiger partial charge in [-0.3, -0.25) is 9.69 Å². The van der Waals surface area contributed by atoms with Crippen LogP contribution in [0.15, 0.2) is 28.7 Å². The second kappa shape index (κ2) is 9.25. The normalized spacial score (nSPS) is 18.7. The summed E-state index contributed by atoms with van der Waals surface area (Å²) in [4.78, 5) is 16.3. The Hall–Kier alpha value is -1.11. The van der Waals surface area contributed by atoms with Crippen LogP contribution in [0.25, 0.3) is 0 Å². The molecule has 1 heterocycles. The van der Waals surface area contributed by atoms with Crippen LogP contribution in [0.2, 0.25) is 0 Å². The van der Waals surface area contributed by atoms with Crippen molar-refractivity contribution >= 4 is 21.8 Å². The number of ether oxygens (including phenoxy) is 1. The molecular formula is C17H26BrN3O2. The minimum Gasteiger partial charge on any atom is -0.492 e. The van der Waals surface area contributed by atoms with Gasteiger partial charge in [-0.15, -0.1) is 0 Å². The number of rotatable bonds is 7. The lowest BCUT2D eigenvalue weighted by Gasteiger charge is -2.33. The number of carbonyl (C=O) groups excluding carboxylic acids is 1. The Morgan fingerprint density at radius 2 is 2.17 bits per heavy atom. The molecule has 1 aliphatic rings. The summed E-state index contributed by atoms with van der Waals surface area (Å²) in [6, 6.07) is 8.22. The average Bonchev–Trinajstić information content (AvgIpc) is 2.56. The van der Waals surface area contributed by atoms with Crippen LogP contribution >= 0.6 is 15.9 Å². The molecule has 1 fully saturated rings. The smallest absolute Gasteiger partial charge is 0.236 e. The van der Waals surface area contributed by atoms with Crippen molar-refractivity contribution < 1.29 is 9.53 Å². The monoisotopic (exact) mass is 383 g/mol. The number of hydrogen-bond acceptors (Lipinski definition) is 4. The van der Waals surface area contributed by atoms with Crippen molar-refractivity contribution in [2.45, 2.75) is 18.9 Å². The predicted molar refractivity (Wildman–Crippen MR) is 95.8 cm³/mol. The number of benzene rings is 1. The van der Waals surface area contributed by atoms with E-state index in [1.165, 1.54) is 6.42 Å². The van der Waals surface area contributed by atoms with E-state index < -0.39 is 0 Å². The zero-order chi connectivity index (χ0) is 16.7. The van der Waals surface area contributed by atoms with Gasteiger partial charge in [0.1, 0.15) is 12.4 Å². The Kier molecular flexibility index (Phi) is 7.33. The summed E-state index contributed by atoms with van der Waals surface area (Å²) in [5, 5.41) is 3.30. The highest BCUT2D eigenvalue weighted by atomic mass is 79.9. The second-order valence-corrected chi connectivity index (χ2v) is 6.90. The molecule has 0 radical (unpaired) electrons. The zero-order valence-corrected chi connectivity index (χ0v) is 15.5. The number of likely N-dealkylation sites (N-methyl/N-ethyl adjacent to an activating group) is 2. The fraction of sp³-hybridized carbons (Fsp3) is 0.588. The summed E-state index contributed by atoms with van der Waals surface area (Å²) in [6.07, 6.45) is 2.34. The number of halogens is 1. The minimum absolute atomic E-state index is 0.154. The molecule has 128 valence electrons. The maximum absolute atomic E-state index is 12.3. The van der Waals surface area contributed by atoms with Crippen molar-refractivity contribution in [3.8, 4) is 5.75 Å². The molecule has 0 bridgehead atoms. The topological polar surface area (TPSA) is 44.8 Å². The first kappa shape index (κ1) is 18.2. The Labute approximate surface area is 147 Å². The Morgan fingerprint density at radius 1 is 1.43 bits per heavy atom. The molecule has 0 saturated carbocycles. The van der Waals surface area contributed by atoms with Gasteiger partial charge in [0.25, 0.3) is 0 Å². The van der Waals surface area contributed by atoms with Crippen LogP contribution in [0.1, 0.15) is 12.8 Å². The maximum atomic E-state index is 12.3. The van der Waals surface area contributed by atoms with E-state index >= 15 is 0 Å². The van der Waals surface area contributed by atoms with E-state index in [0.717, 1.165) is 29.7 Å². The second-order valence-electron chi connectivity index (χ2n) is 5.98. The minimum atomic E-state index is 0.154. The summed E-state index contributed by atoms with van der Waals surface area (Å²) < 4.78 is 6.69. The highest BCUT2D eigenvalue weighted by Crippen LogP contribution is 2.16. The number of nitrogens with zero attached hydrogens (tertiary/aromatic N) is 2. The van der Waals surface area contributed by atoms with E-state index in [2.05, 4.69) is 26.1 Å². The third-order valence-electron chi connectivity index (χ3n) is 4.21. The summed E-state index contributed by atoms with van der Waals surface area (Å²) in [5.41, 5.74) is 0. The van der Waals surface area contributed by atoms with Crippen molar-refractivity contribution in [1.29, 1.82) is 0 Å². The lowest BCUT2D eigenvalue weighted by molar-refractivity contribution is -0.131. The molecule has 2 rings (SSSR count). The molecule has 1 unspecified atom stereocenters. The van der Waals surface area contributed by atoms with Crippen LogP contribution in [-0.4, -0.2) is 68.6 Å². The Bertz CT molecular complexity index is 495. The number of amides is 1. The fourth-order valence-electron chi connectivity index (χ4n) is 2.70. The number of piperidine rings is 1. The molecule has 23 heavy (non-hydrogen) atoms. The van der Waals surface area contributed by atoms with E-state index in [1.807, 2.05) is 38.4 Å². The first-order chi connectivity index (χ1) is 11.1. The lowest BCUT2D eigenvalue weighted by atomic mass is 10.1. The molecular weight excluding hydrogens is 358 g/mol. The van der Waals surface area contributed by atoms with Gasteiger partial charge in [0, 0.05) is 24.1 Å². The summed E-state index contributed by atoms with van der Waals surface area (Å²) >= 11 is 3.39. The number of carbonyl (C=O) groups is 1. The van der Waals surface area contributed by atoms with Crippen LogP contribution in [0, 0.1) is 0 Å². The molecule has 0 aromatic heterocycles. The highest BCUT2D eigenvalue weighted by Gasteiger charge is 2.21. The van der Waals surface area contributed by atoms with Gasteiger partial charge in [0.05, 0.1) is 13.1 Å². The van der Waals surface area contributed by atoms with Crippen LogP contribution in [0.5, 0.6) is 5.75 Å². The molecule has 1 atom stereocenters. The zero-order valence-electron chi connectivity index (χ0n) is 13.9. The maximum Gasteiger partial charge on any atom is 0.236 e. The summed E-state index contributed by atoms with van der Waals surface area (Å²) in [7, 11) is 3.83. The third kappa shape index (κ3) is 6.12. The number of hydrogen-bond donors (Lipinski definition) is 1. The molecule has 1 saturated heterocycles. The number of nitrogens with one attached hydrogen (secondary N) is 1. The molecule has 1 aromatic carbocycles. The first-order valence-electron chi connectivity index (χ1n) is 8.10. The van der Waals surface area contributed by atoms with E-state index in [-0.39, 0.29) is 5.91 Å². The van der Waals surface area contributed by atoms with Crippen molar-refractivity contribution in [2.75, 3.05) is 46.9 Å². The van der Waals surface area contributed by atoms with Crippen molar-refractivity contribution in [3.05, 3.63) is 28.7 Å². The quantitative estimate of drug-likeness (QED) is 0.781. The van der Waals surface area contributed by atoms with Gasteiger partial charge < -0.3 is 15.0 Å². The molecule has 0 aliphatic carbocycles. The van der Waals surface area contributed by atoms with Gasteiger partial charge in [-0.1, -0.05) is 15.9 Å². The molecule has 6 heteroatoms. The van der Waals surface area contributed by atoms with Gasteiger partial charge in [-0.05, 0) is 50.7 Å². The average molecular weight is 384 g/mol. The van der Waals surface area contributed by atoms with Gasteiger partial charge in [-0.25, -0.2) is 0 Å². The van der Waals surface area contributed by atoms with Crippen LogP contribution < -0.4 is 10.1 Å². The standard InChI is InChI=1S/C17H26BrN3O2/c1-19-15-4-3-9-21(12-15)13-17(22)20(2)10-11-23-16-7-5-14(18)6-8-16/h5-8,15,19H,3-4,9-13H2,1-2H3. The Morgan fingerprint density at radius 3 is 2.87 bits per heavy atom. The largest absolute Gasteiger partial charge is 0.492 e. The van der Waals surface area contributed by atoms with Crippen molar-refractivity contribution in [2.24, 2.45) is 0 Å². The van der Waals surface area contributed by atoms with Crippen LogP contribution in [0.4, 0.5) is 0 Å². The predicted octanol–water partition coefficient (Wildman–Crippen LogP) is 1.97. The fourth-order valence-corrected chi connectivity index (χ4v) is 2.97. The molecule has 1 aromatic rings. The SMILES string of the molecule is CNC1CCCN(CC(=O)N(C)CCOc2ccc(Br)cc2)C1. The van der Waals surface area contributed by atoms with E-state index in [1.54, 1.807) is 4.90 Å². The molecule has 5 nitrogen and oxygen atoms in total. The Balaban J connectivity index is 1.69. The van der Waals surface area contributed by atoms with Gasteiger partial charge in [-0.2, -0.15) is 0 Å². The summed E-state index contributed by atoms with van der Waals surface area (Å²) in [6.45, 7) is 3.55. The van der Waals surface area contributed by atoms with Gasteiger partial charge in [0.2, 0.25) is 5.91 Å². The van der Waals surface area contributed by atoms with Crippen molar-refractivity contribution in [3.63, 3.8) is 0 Å². The van der Waals surface area contributed by atoms with Gasteiger partial charge >= 0.3 is 0 Å². The highest BCUT2D eigenvalue weighted by molar-refractivity contribution is 9.10. The van der Waals surface area contributed by atoms with E-state index in [0.29, 0.717) is 25.7 Å². The molecule has 0 spiro atoms. The molecule has 1 aliphatic heterocycles. The third-order valence-corrected chi connectivity index (χ3v) is 4.74. The van der Waals surface area contributed by atoms with Crippen LogP contribution in [0.3, 0.4) is 0 Å². The molecule has 1 amide bonds. The van der Waals surface area contributed by atoms with E-state index in [4.69, 9.17) is 4.74 Å². The molecule has 1 N–H and O–H groups in total. The van der Waals surface area contributed by atoms with Crippen molar-refractivity contribution in [1.82, 2.24) is 15.1 Å².